The molecule has 1 N–H and O–H groups in total. The minimum atomic E-state index is -0.310. The van der Waals surface area contributed by atoms with Crippen LogP contribution in [-0.2, 0) is 13.0 Å². The molecule has 3 heterocycles. The molecule has 138 valence electrons. The maximum absolute atomic E-state index is 12.5. The molecule has 0 bridgehead atoms. The van der Waals surface area contributed by atoms with Crippen molar-refractivity contribution >= 4 is 17.2 Å². The lowest BCUT2D eigenvalue weighted by atomic mass is 9.95. The zero-order valence-corrected chi connectivity index (χ0v) is 15.4. The first-order chi connectivity index (χ1) is 12.5. The summed E-state index contributed by atoms with van der Waals surface area (Å²) in [5.41, 5.74) is 3.19. The Labute approximate surface area is 152 Å². The van der Waals surface area contributed by atoms with Crippen molar-refractivity contribution in [1.82, 2.24) is 9.91 Å². The number of nitrogens with zero attached hydrogens (tertiary/aromatic N) is 3. The van der Waals surface area contributed by atoms with E-state index in [1.165, 1.54) is 6.42 Å². The van der Waals surface area contributed by atoms with Crippen LogP contribution in [0.25, 0.3) is 11.0 Å². The van der Waals surface area contributed by atoms with Crippen LogP contribution in [0.1, 0.15) is 41.5 Å². The Morgan fingerprint density at radius 2 is 1.96 bits per heavy atom. The maximum atomic E-state index is 12.5. The van der Waals surface area contributed by atoms with Crippen LogP contribution in [0.15, 0.2) is 20.4 Å². The monoisotopic (exact) mass is 355 g/mol. The van der Waals surface area contributed by atoms with E-state index in [9.17, 15) is 9.90 Å². The second-order valence-corrected chi connectivity index (χ2v) is 7.43. The third-order valence-electron chi connectivity index (χ3n) is 5.46. The number of aromatic hydroxyl groups is 1. The summed E-state index contributed by atoms with van der Waals surface area (Å²) in [4.78, 5) is 14.7. The van der Waals surface area contributed by atoms with Gasteiger partial charge >= 0.3 is 5.63 Å². The van der Waals surface area contributed by atoms with Gasteiger partial charge in [0.15, 0.2) is 5.58 Å². The quantitative estimate of drug-likeness (QED) is 0.662. The largest absolute Gasteiger partial charge is 0.507 e. The topological polar surface area (TPSA) is 69.3 Å². The number of fused-ring (bicyclic) bond motifs is 3. The number of piperidine rings is 1. The Hall–Kier alpha value is -2.34. The minimum absolute atomic E-state index is 0.134. The lowest BCUT2D eigenvalue weighted by molar-refractivity contribution is 0.240. The number of phenolic OH excluding ortho intramolecular Hbond substituents is 1. The fourth-order valence-corrected chi connectivity index (χ4v) is 3.94. The van der Waals surface area contributed by atoms with Crippen molar-refractivity contribution in [1.29, 1.82) is 0 Å². The van der Waals surface area contributed by atoms with Gasteiger partial charge in [-0.1, -0.05) is 0 Å². The summed E-state index contributed by atoms with van der Waals surface area (Å²) in [6.07, 6.45) is 5.96. The molecule has 26 heavy (non-hydrogen) atoms. The van der Waals surface area contributed by atoms with E-state index in [2.05, 4.69) is 10.0 Å². The Balaban J connectivity index is 1.86. The molecule has 4 rings (SSSR count). The van der Waals surface area contributed by atoms with Gasteiger partial charge in [0, 0.05) is 31.6 Å². The number of phenols is 1. The molecule has 0 amide bonds. The smallest absolute Gasteiger partial charge is 0.341 e. The van der Waals surface area contributed by atoms with E-state index in [1.54, 1.807) is 6.21 Å². The molecular formula is C20H25N3O3. The van der Waals surface area contributed by atoms with Gasteiger partial charge in [0.1, 0.15) is 5.75 Å². The summed E-state index contributed by atoms with van der Waals surface area (Å²) in [7, 11) is 2.01. The Bertz CT molecular complexity index is 926. The third-order valence-corrected chi connectivity index (χ3v) is 5.46. The highest BCUT2D eigenvalue weighted by Gasteiger charge is 2.23. The van der Waals surface area contributed by atoms with Gasteiger partial charge in [0.2, 0.25) is 0 Å². The SMILES string of the molecule is Cc1cc2c3c(c(=O)oc2c(/C=N/N2CCCCC2)c1O)CN(C)CC3. The lowest BCUT2D eigenvalue weighted by Crippen LogP contribution is -2.31. The van der Waals surface area contributed by atoms with Crippen LogP contribution in [0.5, 0.6) is 5.75 Å². The average Bonchev–Trinajstić information content (AvgIpc) is 2.64. The molecule has 1 fully saturated rings. The summed E-state index contributed by atoms with van der Waals surface area (Å²) in [6.45, 7) is 5.23. The second-order valence-electron chi connectivity index (χ2n) is 7.43. The van der Waals surface area contributed by atoms with Gasteiger partial charge in [0.05, 0.1) is 17.3 Å². The molecule has 0 unspecified atom stereocenters. The number of likely N-dealkylation sites (N-methyl/N-ethyl adjacent to an activating group) is 1. The molecule has 0 spiro atoms. The molecule has 0 aliphatic carbocycles. The summed E-state index contributed by atoms with van der Waals surface area (Å²) in [6, 6.07) is 1.93. The van der Waals surface area contributed by atoms with Crippen molar-refractivity contribution in [2.75, 3.05) is 26.7 Å². The van der Waals surface area contributed by atoms with Crippen LogP contribution >= 0.6 is 0 Å². The fraction of sp³-hybridized carbons (Fsp3) is 0.500. The van der Waals surface area contributed by atoms with E-state index in [4.69, 9.17) is 4.42 Å². The summed E-state index contributed by atoms with van der Waals surface area (Å²) in [5.74, 6) is 0.134. The molecule has 2 aliphatic rings. The highest BCUT2D eigenvalue weighted by Crippen LogP contribution is 2.33. The van der Waals surface area contributed by atoms with Crippen molar-refractivity contribution in [3.05, 3.63) is 38.7 Å². The van der Waals surface area contributed by atoms with E-state index in [-0.39, 0.29) is 11.4 Å². The summed E-state index contributed by atoms with van der Waals surface area (Å²) < 4.78 is 5.66. The number of hydrogen-bond donors (Lipinski definition) is 1. The van der Waals surface area contributed by atoms with E-state index >= 15 is 0 Å². The van der Waals surface area contributed by atoms with Gasteiger partial charge in [-0.15, -0.1) is 0 Å². The molecule has 1 saturated heterocycles. The predicted molar refractivity (Wildman–Crippen MR) is 102 cm³/mol. The van der Waals surface area contributed by atoms with Crippen molar-refractivity contribution in [2.45, 2.75) is 39.2 Å². The molecular weight excluding hydrogens is 330 g/mol. The van der Waals surface area contributed by atoms with Crippen molar-refractivity contribution in [3.63, 3.8) is 0 Å². The van der Waals surface area contributed by atoms with Gasteiger partial charge in [-0.3, -0.25) is 5.01 Å². The van der Waals surface area contributed by atoms with E-state index in [0.29, 0.717) is 17.7 Å². The van der Waals surface area contributed by atoms with Crippen LogP contribution in [0.2, 0.25) is 0 Å². The Morgan fingerprint density at radius 1 is 1.19 bits per heavy atom. The molecule has 1 aromatic heterocycles. The summed E-state index contributed by atoms with van der Waals surface area (Å²) in [5, 5.41) is 18.1. The Morgan fingerprint density at radius 3 is 2.73 bits per heavy atom. The Kier molecular flexibility index (Phi) is 4.44. The highest BCUT2D eigenvalue weighted by atomic mass is 16.4. The molecule has 0 saturated carbocycles. The van der Waals surface area contributed by atoms with Gasteiger partial charge < -0.3 is 14.4 Å². The number of benzene rings is 1. The van der Waals surface area contributed by atoms with Crippen LogP contribution in [0, 0.1) is 6.92 Å². The molecule has 6 heteroatoms. The van der Waals surface area contributed by atoms with Gasteiger partial charge in [-0.2, -0.15) is 5.10 Å². The first-order valence-corrected chi connectivity index (χ1v) is 9.33. The normalized spacial score (nSPS) is 18.6. The van der Waals surface area contributed by atoms with Gasteiger partial charge in [-0.05, 0) is 56.8 Å². The summed E-state index contributed by atoms with van der Waals surface area (Å²) >= 11 is 0. The average molecular weight is 355 g/mol. The first-order valence-electron chi connectivity index (χ1n) is 9.33. The number of aryl methyl sites for hydroxylation is 1. The molecule has 0 radical (unpaired) electrons. The van der Waals surface area contributed by atoms with E-state index < -0.39 is 0 Å². The van der Waals surface area contributed by atoms with Crippen LogP contribution in [0.4, 0.5) is 0 Å². The highest BCUT2D eigenvalue weighted by molar-refractivity contribution is 6.01. The van der Waals surface area contributed by atoms with Crippen LogP contribution in [0.3, 0.4) is 0 Å². The maximum Gasteiger partial charge on any atom is 0.341 e. The van der Waals surface area contributed by atoms with Crippen LogP contribution in [-0.4, -0.2) is 47.9 Å². The predicted octanol–water partition coefficient (Wildman–Crippen LogP) is 2.61. The standard InChI is InChI=1S/C20H25N3O3/c1-13-10-15-14-6-9-22(2)12-17(14)20(25)26-19(15)16(18(13)24)11-21-23-7-4-3-5-8-23/h10-11,24H,3-9,12H2,1-2H3/b21-11+. The molecule has 1 aromatic carbocycles. The zero-order chi connectivity index (χ0) is 18.3. The fourth-order valence-electron chi connectivity index (χ4n) is 3.94. The molecule has 2 aromatic rings. The lowest BCUT2D eigenvalue weighted by Gasteiger charge is -2.25. The number of rotatable bonds is 2. The third kappa shape index (κ3) is 2.98. The van der Waals surface area contributed by atoms with Crippen molar-refractivity contribution in [2.24, 2.45) is 5.10 Å². The van der Waals surface area contributed by atoms with Gasteiger partial charge in [0.25, 0.3) is 0 Å². The second kappa shape index (κ2) is 6.76. The van der Waals surface area contributed by atoms with Crippen molar-refractivity contribution in [3.8, 4) is 5.75 Å². The number of hydrazone groups is 1. The van der Waals surface area contributed by atoms with Crippen molar-refractivity contribution < 1.29 is 9.52 Å². The zero-order valence-electron chi connectivity index (χ0n) is 15.4. The van der Waals surface area contributed by atoms with Gasteiger partial charge in [-0.25, -0.2) is 4.79 Å². The number of hydrogen-bond acceptors (Lipinski definition) is 6. The molecule has 0 atom stereocenters. The molecule has 2 aliphatic heterocycles. The van der Waals surface area contributed by atoms with E-state index in [0.717, 1.165) is 61.0 Å². The van der Waals surface area contributed by atoms with Crippen LogP contribution < -0.4 is 5.63 Å². The first kappa shape index (κ1) is 17.1. The minimum Gasteiger partial charge on any atom is -0.507 e. The molecule has 6 nitrogen and oxygen atoms in total. The van der Waals surface area contributed by atoms with E-state index in [1.807, 2.05) is 25.0 Å².